The van der Waals surface area contributed by atoms with E-state index < -0.39 is 0 Å². The minimum atomic E-state index is 0.432. The number of hydrogen-bond acceptors (Lipinski definition) is 3. The molecule has 0 saturated heterocycles. The average Bonchev–Trinajstić information content (AvgIpc) is 2.81. The SMILES string of the molecule is N#Cc1cccc(-c2ccsc2)c1C#N. The normalized spacial score (nSPS) is 9.20. The third-order valence-electron chi connectivity index (χ3n) is 2.13. The van der Waals surface area contributed by atoms with E-state index in [2.05, 4.69) is 6.07 Å². The Hall–Kier alpha value is -2.10. The minimum absolute atomic E-state index is 0.432. The molecule has 0 bridgehead atoms. The second-order valence-electron chi connectivity index (χ2n) is 2.96. The second kappa shape index (κ2) is 3.96. The van der Waals surface area contributed by atoms with Crippen LogP contribution in [0.15, 0.2) is 35.0 Å². The number of thiophene rings is 1. The Morgan fingerprint density at radius 2 is 1.93 bits per heavy atom. The molecule has 1 aromatic carbocycles. The van der Waals surface area contributed by atoms with Crippen molar-refractivity contribution in [3.05, 3.63) is 46.2 Å². The van der Waals surface area contributed by atoms with E-state index >= 15 is 0 Å². The smallest absolute Gasteiger partial charge is 0.101 e. The molecule has 0 N–H and O–H groups in total. The molecule has 0 unspecified atom stereocenters. The molecule has 2 rings (SSSR count). The van der Waals surface area contributed by atoms with Crippen LogP contribution in [0.3, 0.4) is 0 Å². The lowest BCUT2D eigenvalue weighted by molar-refractivity contribution is 1.43. The summed E-state index contributed by atoms with van der Waals surface area (Å²) >= 11 is 1.57. The van der Waals surface area contributed by atoms with Gasteiger partial charge in [-0.25, -0.2) is 0 Å². The molecule has 0 aliphatic heterocycles. The van der Waals surface area contributed by atoms with E-state index in [1.54, 1.807) is 23.5 Å². The first-order valence-electron chi connectivity index (χ1n) is 4.32. The van der Waals surface area contributed by atoms with Crippen molar-refractivity contribution in [1.29, 1.82) is 10.5 Å². The van der Waals surface area contributed by atoms with Gasteiger partial charge in [0, 0.05) is 5.56 Å². The predicted octanol–water partition coefficient (Wildman–Crippen LogP) is 3.16. The van der Waals surface area contributed by atoms with E-state index in [0.29, 0.717) is 11.1 Å². The van der Waals surface area contributed by atoms with Crippen LogP contribution >= 0.6 is 11.3 Å². The summed E-state index contributed by atoms with van der Waals surface area (Å²) in [5, 5.41) is 21.8. The number of nitrogens with zero attached hydrogens (tertiary/aromatic N) is 2. The van der Waals surface area contributed by atoms with Crippen LogP contribution in [0.4, 0.5) is 0 Å². The molecule has 1 aromatic heterocycles. The van der Waals surface area contributed by atoms with E-state index in [4.69, 9.17) is 10.5 Å². The highest BCUT2D eigenvalue weighted by Crippen LogP contribution is 2.27. The molecule has 0 spiro atoms. The fraction of sp³-hybridized carbons (Fsp3) is 0. The van der Waals surface area contributed by atoms with Gasteiger partial charge in [0.2, 0.25) is 0 Å². The fourth-order valence-corrected chi connectivity index (χ4v) is 2.08. The molecule has 0 amide bonds. The van der Waals surface area contributed by atoms with Crippen LogP contribution in [0.5, 0.6) is 0 Å². The monoisotopic (exact) mass is 210 g/mol. The standard InChI is InChI=1S/C12H6N2S/c13-6-9-2-1-3-11(12(9)7-14)10-4-5-15-8-10/h1-5,8H. The molecule has 0 atom stereocenters. The van der Waals surface area contributed by atoms with Gasteiger partial charge in [0.15, 0.2) is 0 Å². The van der Waals surface area contributed by atoms with Gasteiger partial charge >= 0.3 is 0 Å². The summed E-state index contributed by atoms with van der Waals surface area (Å²) < 4.78 is 0. The lowest BCUT2D eigenvalue weighted by Crippen LogP contribution is -1.87. The van der Waals surface area contributed by atoms with E-state index in [1.807, 2.05) is 29.0 Å². The van der Waals surface area contributed by atoms with E-state index in [1.165, 1.54) is 0 Å². The number of rotatable bonds is 1. The summed E-state index contributed by atoms with van der Waals surface area (Å²) in [6.45, 7) is 0. The van der Waals surface area contributed by atoms with Crippen LogP contribution in [-0.4, -0.2) is 0 Å². The molecule has 70 valence electrons. The summed E-state index contributed by atoms with van der Waals surface area (Å²) in [6.07, 6.45) is 0. The van der Waals surface area contributed by atoms with Gasteiger partial charge in [-0.15, -0.1) is 0 Å². The van der Waals surface area contributed by atoms with Crippen molar-refractivity contribution < 1.29 is 0 Å². The Balaban J connectivity index is 2.70. The van der Waals surface area contributed by atoms with Gasteiger partial charge in [-0.1, -0.05) is 12.1 Å². The van der Waals surface area contributed by atoms with Crippen molar-refractivity contribution in [1.82, 2.24) is 0 Å². The molecule has 15 heavy (non-hydrogen) atoms. The number of hydrogen-bond donors (Lipinski definition) is 0. The van der Waals surface area contributed by atoms with Crippen molar-refractivity contribution >= 4 is 11.3 Å². The Bertz CT molecular complexity index is 556. The zero-order chi connectivity index (χ0) is 10.7. The number of nitriles is 2. The van der Waals surface area contributed by atoms with Gasteiger partial charge in [-0.3, -0.25) is 0 Å². The molecule has 0 fully saturated rings. The highest BCUT2D eigenvalue weighted by Gasteiger charge is 2.09. The maximum absolute atomic E-state index is 9.03. The molecule has 0 aliphatic carbocycles. The Morgan fingerprint density at radius 3 is 2.53 bits per heavy atom. The van der Waals surface area contributed by atoms with Gasteiger partial charge in [-0.2, -0.15) is 21.9 Å². The van der Waals surface area contributed by atoms with Crippen LogP contribution < -0.4 is 0 Å². The van der Waals surface area contributed by atoms with Crippen molar-refractivity contribution in [2.75, 3.05) is 0 Å². The van der Waals surface area contributed by atoms with Gasteiger partial charge in [-0.05, 0) is 28.5 Å². The summed E-state index contributed by atoms with van der Waals surface area (Å²) in [7, 11) is 0. The second-order valence-corrected chi connectivity index (χ2v) is 3.74. The van der Waals surface area contributed by atoms with Crippen molar-refractivity contribution in [2.45, 2.75) is 0 Å². The maximum atomic E-state index is 9.03. The van der Waals surface area contributed by atoms with Crippen molar-refractivity contribution in [3.63, 3.8) is 0 Å². The molecule has 0 saturated carbocycles. The lowest BCUT2D eigenvalue weighted by Gasteiger charge is -2.02. The molecule has 2 nitrogen and oxygen atoms in total. The molecule has 0 radical (unpaired) electrons. The van der Waals surface area contributed by atoms with E-state index in [0.717, 1.165) is 11.1 Å². The largest absolute Gasteiger partial charge is 0.192 e. The summed E-state index contributed by atoms with van der Waals surface area (Å²) in [5.41, 5.74) is 2.71. The van der Waals surface area contributed by atoms with Gasteiger partial charge in [0.1, 0.15) is 12.1 Å². The Labute approximate surface area is 91.6 Å². The molecule has 2 aromatic rings. The summed E-state index contributed by atoms with van der Waals surface area (Å²) in [4.78, 5) is 0. The van der Waals surface area contributed by atoms with Gasteiger partial charge in [0.25, 0.3) is 0 Å². The number of benzene rings is 1. The average molecular weight is 210 g/mol. The highest BCUT2D eigenvalue weighted by atomic mass is 32.1. The fourth-order valence-electron chi connectivity index (χ4n) is 1.42. The predicted molar refractivity (Wildman–Crippen MR) is 59.2 cm³/mol. The van der Waals surface area contributed by atoms with Crippen LogP contribution in [0.2, 0.25) is 0 Å². The van der Waals surface area contributed by atoms with Crippen molar-refractivity contribution in [2.24, 2.45) is 0 Å². The van der Waals surface area contributed by atoms with Crippen LogP contribution in [0.1, 0.15) is 11.1 Å². The van der Waals surface area contributed by atoms with Crippen molar-refractivity contribution in [3.8, 4) is 23.3 Å². The third-order valence-corrected chi connectivity index (χ3v) is 2.81. The Morgan fingerprint density at radius 1 is 1.07 bits per heavy atom. The Kier molecular flexibility index (Phi) is 2.49. The molecular weight excluding hydrogens is 204 g/mol. The zero-order valence-electron chi connectivity index (χ0n) is 7.77. The molecule has 3 heteroatoms. The first-order valence-corrected chi connectivity index (χ1v) is 5.27. The topological polar surface area (TPSA) is 47.6 Å². The molecule has 0 aliphatic rings. The van der Waals surface area contributed by atoms with Crippen LogP contribution in [0.25, 0.3) is 11.1 Å². The van der Waals surface area contributed by atoms with E-state index in [9.17, 15) is 0 Å². The first kappa shape index (κ1) is 9.45. The van der Waals surface area contributed by atoms with Crippen LogP contribution in [-0.2, 0) is 0 Å². The highest BCUT2D eigenvalue weighted by molar-refractivity contribution is 7.08. The van der Waals surface area contributed by atoms with Gasteiger partial charge in [0.05, 0.1) is 11.1 Å². The quantitative estimate of drug-likeness (QED) is 0.725. The lowest BCUT2D eigenvalue weighted by atomic mass is 9.99. The summed E-state index contributed by atoms with van der Waals surface area (Å²) in [6, 6.07) is 11.4. The first-order chi connectivity index (χ1) is 7.36. The van der Waals surface area contributed by atoms with Gasteiger partial charge < -0.3 is 0 Å². The minimum Gasteiger partial charge on any atom is -0.192 e. The maximum Gasteiger partial charge on any atom is 0.101 e. The zero-order valence-corrected chi connectivity index (χ0v) is 8.58. The van der Waals surface area contributed by atoms with E-state index in [-0.39, 0.29) is 0 Å². The molecule has 1 heterocycles. The van der Waals surface area contributed by atoms with Crippen LogP contribution in [0, 0.1) is 22.7 Å². The summed E-state index contributed by atoms with van der Waals surface area (Å²) in [5.74, 6) is 0. The molecular formula is C12H6N2S. The third kappa shape index (κ3) is 1.61.